The van der Waals surface area contributed by atoms with E-state index >= 15 is 0 Å². The molecule has 0 atom stereocenters. The van der Waals surface area contributed by atoms with Gasteiger partial charge in [0.05, 0.1) is 23.8 Å². The van der Waals surface area contributed by atoms with E-state index in [1.54, 1.807) is 40.1 Å². The van der Waals surface area contributed by atoms with Crippen LogP contribution in [0.25, 0.3) is 11.2 Å². The number of aryl methyl sites for hydroxylation is 2. The summed E-state index contributed by atoms with van der Waals surface area (Å²) in [6.45, 7) is 3.03. The molecule has 1 saturated heterocycles. The van der Waals surface area contributed by atoms with Crippen LogP contribution in [-0.4, -0.2) is 77.6 Å². The van der Waals surface area contributed by atoms with E-state index in [1.165, 1.54) is 17.3 Å². The van der Waals surface area contributed by atoms with Crippen LogP contribution < -0.4 is 10.1 Å². The van der Waals surface area contributed by atoms with Crippen LogP contribution in [0, 0.1) is 18.3 Å². The molecular weight excluding hydrogens is 490 g/mol. The third-order valence-electron chi connectivity index (χ3n) is 6.15. The van der Waals surface area contributed by atoms with Crippen LogP contribution >= 0.6 is 0 Å². The predicted molar refractivity (Wildman–Crippen MR) is 135 cm³/mol. The predicted octanol–water partition coefficient (Wildman–Crippen LogP) is 2.91. The Bertz CT molecular complexity index is 1570. The maximum absolute atomic E-state index is 12.8. The second kappa shape index (κ2) is 10.0. The number of amides is 2. The molecule has 2 N–H and O–H groups in total. The first kappa shape index (κ1) is 24.4. The van der Waals surface area contributed by atoms with Crippen LogP contribution in [0.2, 0.25) is 0 Å². The van der Waals surface area contributed by atoms with Crippen LogP contribution in [0.5, 0.6) is 11.6 Å². The highest BCUT2D eigenvalue weighted by molar-refractivity contribution is 5.94. The molecule has 0 saturated carbocycles. The third kappa shape index (κ3) is 4.87. The second-order valence-electron chi connectivity index (χ2n) is 8.70. The quantitative estimate of drug-likeness (QED) is 0.406. The molecule has 2 amide bonds. The molecule has 0 radical (unpaired) electrons. The van der Waals surface area contributed by atoms with E-state index in [-0.39, 0.29) is 19.0 Å². The van der Waals surface area contributed by atoms with Crippen molar-refractivity contribution in [1.82, 2.24) is 34.3 Å². The van der Waals surface area contributed by atoms with Crippen molar-refractivity contribution in [2.75, 3.05) is 31.5 Å². The molecule has 4 aromatic rings. The Kier molecular flexibility index (Phi) is 6.44. The van der Waals surface area contributed by atoms with Gasteiger partial charge < -0.3 is 29.5 Å². The SMILES string of the molecule is Cc1cc(C#N)ncc1Oc1cc(Nc2ccc(C(=O)N3CCN(C(=O)O)CC3)cn2)c2ncn(C)c2n1. The average molecular weight is 514 g/mol. The smallest absolute Gasteiger partial charge is 0.407 e. The van der Waals surface area contributed by atoms with E-state index in [0.29, 0.717) is 58.6 Å². The molecular formula is C25H23N9O4. The maximum atomic E-state index is 12.8. The molecule has 5 heterocycles. The summed E-state index contributed by atoms with van der Waals surface area (Å²) in [6, 6.07) is 8.68. The van der Waals surface area contributed by atoms with Gasteiger partial charge in [-0.1, -0.05) is 0 Å². The summed E-state index contributed by atoms with van der Waals surface area (Å²) in [5.41, 5.74) is 3.22. The molecule has 1 aliphatic rings. The summed E-state index contributed by atoms with van der Waals surface area (Å²) in [7, 11) is 1.82. The Labute approximate surface area is 216 Å². The molecule has 0 spiro atoms. The summed E-state index contributed by atoms with van der Waals surface area (Å²) in [6.07, 6.45) is 3.62. The van der Waals surface area contributed by atoms with Crippen molar-refractivity contribution < 1.29 is 19.4 Å². The fourth-order valence-electron chi connectivity index (χ4n) is 4.06. The molecule has 192 valence electrons. The second-order valence-corrected chi connectivity index (χ2v) is 8.70. The lowest BCUT2D eigenvalue weighted by Crippen LogP contribution is -2.50. The van der Waals surface area contributed by atoms with E-state index in [9.17, 15) is 9.59 Å². The Morgan fingerprint density at radius 3 is 2.50 bits per heavy atom. The number of nitrogens with one attached hydrogen (secondary N) is 1. The summed E-state index contributed by atoms with van der Waals surface area (Å²) < 4.78 is 7.75. The summed E-state index contributed by atoms with van der Waals surface area (Å²) in [5, 5.41) is 21.4. The first-order valence-corrected chi connectivity index (χ1v) is 11.7. The van der Waals surface area contributed by atoms with Crippen molar-refractivity contribution >= 4 is 34.7 Å². The Balaban J connectivity index is 1.35. The highest BCUT2D eigenvalue weighted by atomic mass is 16.5. The minimum absolute atomic E-state index is 0.202. The average Bonchev–Trinajstić information content (AvgIpc) is 3.30. The van der Waals surface area contributed by atoms with E-state index in [1.807, 2.05) is 20.0 Å². The van der Waals surface area contributed by atoms with Crippen LogP contribution in [0.15, 0.2) is 43.0 Å². The number of anilines is 2. The number of carbonyl (C=O) groups is 2. The number of carboxylic acid groups (broad SMARTS) is 1. The Morgan fingerprint density at radius 2 is 1.84 bits per heavy atom. The van der Waals surface area contributed by atoms with Gasteiger partial charge in [0.25, 0.3) is 5.91 Å². The molecule has 1 fully saturated rings. The number of pyridine rings is 3. The highest BCUT2D eigenvalue weighted by Gasteiger charge is 2.24. The van der Waals surface area contributed by atoms with E-state index in [0.717, 1.165) is 5.56 Å². The number of nitriles is 1. The normalized spacial score (nSPS) is 13.3. The summed E-state index contributed by atoms with van der Waals surface area (Å²) >= 11 is 0. The molecule has 4 aromatic heterocycles. The van der Waals surface area contributed by atoms with Crippen molar-refractivity contribution in [2.24, 2.45) is 7.05 Å². The van der Waals surface area contributed by atoms with E-state index < -0.39 is 6.09 Å². The number of nitrogens with zero attached hydrogens (tertiary/aromatic N) is 8. The van der Waals surface area contributed by atoms with Crippen molar-refractivity contribution in [3.63, 3.8) is 0 Å². The third-order valence-corrected chi connectivity index (χ3v) is 6.15. The molecule has 0 bridgehead atoms. The zero-order chi connectivity index (χ0) is 26.8. The zero-order valence-corrected chi connectivity index (χ0v) is 20.6. The van der Waals surface area contributed by atoms with Gasteiger partial charge in [0.15, 0.2) is 11.4 Å². The molecule has 13 nitrogen and oxygen atoms in total. The minimum atomic E-state index is -0.982. The number of aromatic nitrogens is 5. The van der Waals surface area contributed by atoms with Crippen molar-refractivity contribution in [1.29, 1.82) is 5.26 Å². The van der Waals surface area contributed by atoms with Gasteiger partial charge in [-0.2, -0.15) is 10.2 Å². The Morgan fingerprint density at radius 1 is 1.08 bits per heavy atom. The van der Waals surface area contributed by atoms with Crippen molar-refractivity contribution in [3.05, 3.63) is 59.8 Å². The molecule has 0 aliphatic carbocycles. The number of carbonyl (C=O) groups excluding carboxylic acids is 1. The fourth-order valence-corrected chi connectivity index (χ4v) is 4.06. The number of hydrogen-bond donors (Lipinski definition) is 2. The lowest BCUT2D eigenvalue weighted by atomic mass is 10.2. The molecule has 1 aliphatic heterocycles. The van der Waals surface area contributed by atoms with E-state index in [4.69, 9.17) is 15.1 Å². The minimum Gasteiger partial charge on any atom is -0.465 e. The summed E-state index contributed by atoms with van der Waals surface area (Å²) in [4.78, 5) is 44.3. The number of fused-ring (bicyclic) bond motifs is 1. The molecule has 5 rings (SSSR count). The number of rotatable bonds is 5. The number of hydrogen-bond acceptors (Lipinski definition) is 9. The molecule has 0 aromatic carbocycles. The lowest BCUT2D eigenvalue weighted by Gasteiger charge is -2.33. The molecule has 13 heteroatoms. The van der Waals surface area contributed by atoms with Crippen molar-refractivity contribution in [3.8, 4) is 17.7 Å². The Hall–Kier alpha value is -5.25. The van der Waals surface area contributed by atoms with Gasteiger partial charge in [-0.05, 0) is 30.7 Å². The van der Waals surface area contributed by atoms with Crippen LogP contribution in [0.4, 0.5) is 16.3 Å². The van der Waals surface area contributed by atoms with Crippen molar-refractivity contribution in [2.45, 2.75) is 6.92 Å². The summed E-state index contributed by atoms with van der Waals surface area (Å²) in [5.74, 6) is 1.05. The molecule has 38 heavy (non-hydrogen) atoms. The maximum Gasteiger partial charge on any atom is 0.407 e. The van der Waals surface area contributed by atoms with Gasteiger partial charge in [-0.3, -0.25) is 4.79 Å². The topological polar surface area (TPSA) is 162 Å². The van der Waals surface area contributed by atoms with Gasteiger partial charge >= 0.3 is 6.09 Å². The highest BCUT2D eigenvalue weighted by Crippen LogP contribution is 2.31. The van der Waals surface area contributed by atoms with Crippen LogP contribution in [0.1, 0.15) is 21.6 Å². The van der Waals surface area contributed by atoms with Gasteiger partial charge in [0.1, 0.15) is 23.1 Å². The van der Waals surface area contributed by atoms with Crippen LogP contribution in [-0.2, 0) is 7.05 Å². The first-order valence-electron chi connectivity index (χ1n) is 11.7. The van der Waals surface area contributed by atoms with E-state index in [2.05, 4.69) is 25.3 Å². The number of piperazine rings is 1. The van der Waals surface area contributed by atoms with Gasteiger partial charge in [0, 0.05) is 45.5 Å². The number of ether oxygens (including phenoxy) is 1. The monoisotopic (exact) mass is 513 g/mol. The van der Waals surface area contributed by atoms with Gasteiger partial charge in [-0.15, -0.1) is 0 Å². The lowest BCUT2D eigenvalue weighted by molar-refractivity contribution is 0.0624. The fraction of sp³-hybridized carbons (Fsp3) is 0.240. The molecule has 0 unspecified atom stereocenters. The van der Waals surface area contributed by atoms with Gasteiger partial charge in [0.2, 0.25) is 5.88 Å². The number of imidazole rings is 1. The largest absolute Gasteiger partial charge is 0.465 e. The van der Waals surface area contributed by atoms with Crippen LogP contribution in [0.3, 0.4) is 0 Å². The standard InChI is InChI=1S/C25H23N9O4/c1-15-9-17(11-26)27-13-19(15)38-21-10-18(22-23(31-21)32(2)14-29-22)30-20-4-3-16(12-28-20)24(35)33-5-7-34(8-6-33)25(36)37/h3-4,9-10,12-14H,5-8H2,1-2H3,(H,36,37)(H,28,30,31). The zero-order valence-electron chi connectivity index (χ0n) is 20.6. The first-order chi connectivity index (χ1) is 18.3. The van der Waals surface area contributed by atoms with Gasteiger partial charge in [-0.25, -0.2) is 19.7 Å².